The fourth-order valence-electron chi connectivity index (χ4n) is 2.85. The summed E-state index contributed by atoms with van der Waals surface area (Å²) in [5, 5.41) is 3.05. The molecule has 2 aromatic carbocycles. The average molecular weight is 325 g/mol. The number of carbonyl (C=O) groups excluding carboxylic acids is 2. The molecule has 1 heterocycles. The lowest BCUT2D eigenvalue weighted by Crippen LogP contribution is -2.32. The van der Waals surface area contributed by atoms with Gasteiger partial charge in [-0.15, -0.1) is 0 Å². The highest BCUT2D eigenvalue weighted by Crippen LogP contribution is 2.33. The monoisotopic (exact) mass is 325 g/mol. The lowest BCUT2D eigenvalue weighted by atomic mass is 9.97. The van der Waals surface area contributed by atoms with E-state index in [4.69, 9.17) is 9.47 Å². The Kier molecular flexibility index (Phi) is 4.51. The van der Waals surface area contributed by atoms with E-state index >= 15 is 0 Å². The van der Waals surface area contributed by atoms with Gasteiger partial charge in [0.25, 0.3) is 5.91 Å². The van der Waals surface area contributed by atoms with E-state index in [-0.39, 0.29) is 11.9 Å². The minimum Gasteiger partial charge on any atom is -0.493 e. The molecule has 5 heteroatoms. The SMILES string of the molecule is COC(=O)c1ccc2c(c1)C(NC(=O)c1ccccc1C)CCO2. The second kappa shape index (κ2) is 6.74. The van der Waals surface area contributed by atoms with E-state index in [2.05, 4.69) is 5.32 Å². The number of fused-ring (bicyclic) bond motifs is 1. The standard InChI is InChI=1S/C19H19NO4/c1-12-5-3-4-6-14(12)18(21)20-16-9-10-24-17-8-7-13(11-15(16)17)19(22)23-2/h3-8,11,16H,9-10H2,1-2H3,(H,20,21). The molecule has 0 saturated carbocycles. The van der Waals surface area contributed by atoms with Crippen LogP contribution in [0.25, 0.3) is 0 Å². The molecule has 2 aromatic rings. The summed E-state index contributed by atoms with van der Waals surface area (Å²) in [4.78, 5) is 24.3. The van der Waals surface area contributed by atoms with Gasteiger partial charge in [0.2, 0.25) is 0 Å². The summed E-state index contributed by atoms with van der Waals surface area (Å²) >= 11 is 0. The van der Waals surface area contributed by atoms with E-state index < -0.39 is 5.97 Å². The van der Waals surface area contributed by atoms with Gasteiger partial charge in [-0.3, -0.25) is 4.79 Å². The highest BCUT2D eigenvalue weighted by molar-refractivity contribution is 5.96. The molecule has 0 aromatic heterocycles. The summed E-state index contributed by atoms with van der Waals surface area (Å²) in [5.74, 6) is 0.144. The van der Waals surface area contributed by atoms with Crippen molar-refractivity contribution in [2.45, 2.75) is 19.4 Å². The van der Waals surface area contributed by atoms with Crippen molar-refractivity contribution >= 4 is 11.9 Å². The molecule has 3 rings (SSSR count). The molecular weight excluding hydrogens is 306 g/mol. The van der Waals surface area contributed by atoms with Gasteiger partial charge in [0, 0.05) is 17.5 Å². The van der Waals surface area contributed by atoms with Crippen LogP contribution in [0.5, 0.6) is 5.75 Å². The zero-order valence-corrected chi connectivity index (χ0v) is 13.7. The summed E-state index contributed by atoms with van der Waals surface area (Å²) in [7, 11) is 1.34. The normalized spacial score (nSPS) is 15.8. The number of carbonyl (C=O) groups is 2. The maximum Gasteiger partial charge on any atom is 0.337 e. The van der Waals surface area contributed by atoms with Gasteiger partial charge in [-0.05, 0) is 36.8 Å². The molecule has 1 amide bonds. The number of benzene rings is 2. The molecule has 0 aliphatic carbocycles. The number of rotatable bonds is 3. The summed E-state index contributed by atoms with van der Waals surface area (Å²) in [6.07, 6.45) is 0.648. The predicted molar refractivity (Wildman–Crippen MR) is 89.3 cm³/mol. The Morgan fingerprint density at radius 1 is 1.21 bits per heavy atom. The Balaban J connectivity index is 1.87. The van der Waals surface area contributed by atoms with Crippen LogP contribution in [0, 0.1) is 6.92 Å². The maximum atomic E-state index is 12.6. The van der Waals surface area contributed by atoms with Crippen LogP contribution in [0.4, 0.5) is 0 Å². The lowest BCUT2D eigenvalue weighted by Gasteiger charge is -2.27. The smallest absolute Gasteiger partial charge is 0.337 e. The molecule has 5 nitrogen and oxygen atoms in total. The van der Waals surface area contributed by atoms with E-state index in [9.17, 15) is 9.59 Å². The van der Waals surface area contributed by atoms with Gasteiger partial charge in [0.15, 0.2) is 0 Å². The first-order valence-electron chi connectivity index (χ1n) is 7.81. The molecule has 0 radical (unpaired) electrons. The lowest BCUT2D eigenvalue weighted by molar-refractivity contribution is 0.0600. The number of aryl methyl sites for hydroxylation is 1. The van der Waals surface area contributed by atoms with Crippen molar-refractivity contribution in [2.24, 2.45) is 0 Å². The van der Waals surface area contributed by atoms with E-state index in [1.807, 2.05) is 25.1 Å². The van der Waals surface area contributed by atoms with Gasteiger partial charge in [-0.1, -0.05) is 18.2 Å². The zero-order chi connectivity index (χ0) is 17.1. The van der Waals surface area contributed by atoms with Crippen LogP contribution >= 0.6 is 0 Å². The van der Waals surface area contributed by atoms with Crippen molar-refractivity contribution in [3.05, 3.63) is 64.7 Å². The van der Waals surface area contributed by atoms with Gasteiger partial charge < -0.3 is 14.8 Å². The van der Waals surface area contributed by atoms with Crippen molar-refractivity contribution in [2.75, 3.05) is 13.7 Å². The first kappa shape index (κ1) is 16.1. The maximum absolute atomic E-state index is 12.6. The predicted octanol–water partition coefficient (Wildman–Crippen LogP) is 3.04. The molecule has 24 heavy (non-hydrogen) atoms. The highest BCUT2D eigenvalue weighted by atomic mass is 16.5. The molecule has 0 fully saturated rings. The molecule has 1 N–H and O–H groups in total. The summed E-state index contributed by atoms with van der Waals surface area (Å²) in [5.41, 5.74) is 2.81. The Morgan fingerprint density at radius 2 is 2.00 bits per heavy atom. The largest absolute Gasteiger partial charge is 0.493 e. The third kappa shape index (κ3) is 3.11. The fraction of sp³-hybridized carbons (Fsp3) is 0.263. The van der Waals surface area contributed by atoms with Crippen molar-refractivity contribution in [3.8, 4) is 5.75 Å². The van der Waals surface area contributed by atoms with Crippen LogP contribution in [-0.2, 0) is 4.74 Å². The Hall–Kier alpha value is -2.82. The first-order valence-corrected chi connectivity index (χ1v) is 7.81. The van der Waals surface area contributed by atoms with Crippen LogP contribution in [0.15, 0.2) is 42.5 Å². The van der Waals surface area contributed by atoms with Crippen molar-refractivity contribution in [1.29, 1.82) is 0 Å². The number of esters is 1. The van der Waals surface area contributed by atoms with Gasteiger partial charge in [-0.2, -0.15) is 0 Å². The molecule has 1 aliphatic heterocycles. The molecule has 0 spiro atoms. The number of hydrogen-bond acceptors (Lipinski definition) is 4. The number of methoxy groups -OCH3 is 1. The molecular formula is C19H19NO4. The third-order valence-corrected chi connectivity index (χ3v) is 4.17. The molecule has 1 aliphatic rings. The zero-order valence-electron chi connectivity index (χ0n) is 13.7. The number of ether oxygens (including phenoxy) is 2. The molecule has 0 bridgehead atoms. The summed E-state index contributed by atoms with van der Waals surface area (Å²) in [6, 6.07) is 12.4. The summed E-state index contributed by atoms with van der Waals surface area (Å²) in [6.45, 7) is 2.42. The molecule has 0 saturated heterocycles. The van der Waals surface area contributed by atoms with Crippen LogP contribution in [0.3, 0.4) is 0 Å². The Morgan fingerprint density at radius 3 is 2.75 bits per heavy atom. The second-order valence-electron chi connectivity index (χ2n) is 5.72. The quantitative estimate of drug-likeness (QED) is 0.881. The fourth-order valence-corrected chi connectivity index (χ4v) is 2.85. The third-order valence-electron chi connectivity index (χ3n) is 4.17. The number of hydrogen-bond donors (Lipinski definition) is 1. The second-order valence-corrected chi connectivity index (χ2v) is 5.72. The molecule has 1 unspecified atom stereocenters. The van der Waals surface area contributed by atoms with Crippen LogP contribution in [0.2, 0.25) is 0 Å². The molecule has 124 valence electrons. The van der Waals surface area contributed by atoms with Crippen molar-refractivity contribution < 1.29 is 19.1 Å². The first-order chi connectivity index (χ1) is 11.6. The minimum absolute atomic E-state index is 0.130. The van der Waals surface area contributed by atoms with Crippen molar-refractivity contribution in [3.63, 3.8) is 0 Å². The number of amides is 1. The summed E-state index contributed by atoms with van der Waals surface area (Å²) < 4.78 is 10.4. The minimum atomic E-state index is -0.410. The van der Waals surface area contributed by atoms with Crippen LogP contribution in [0.1, 0.15) is 44.3 Å². The van der Waals surface area contributed by atoms with Crippen LogP contribution in [-0.4, -0.2) is 25.6 Å². The van der Waals surface area contributed by atoms with E-state index in [1.54, 1.807) is 24.3 Å². The Labute approximate surface area is 140 Å². The van der Waals surface area contributed by atoms with Gasteiger partial charge >= 0.3 is 5.97 Å². The van der Waals surface area contributed by atoms with Gasteiger partial charge in [-0.25, -0.2) is 4.79 Å². The Bertz CT molecular complexity index is 785. The van der Waals surface area contributed by atoms with E-state index in [0.29, 0.717) is 29.9 Å². The van der Waals surface area contributed by atoms with Gasteiger partial charge in [0.1, 0.15) is 5.75 Å². The van der Waals surface area contributed by atoms with Crippen molar-refractivity contribution in [1.82, 2.24) is 5.32 Å². The average Bonchev–Trinajstić information content (AvgIpc) is 2.61. The molecule has 1 atom stereocenters. The van der Waals surface area contributed by atoms with E-state index in [0.717, 1.165) is 11.1 Å². The van der Waals surface area contributed by atoms with Crippen LogP contribution < -0.4 is 10.1 Å². The van der Waals surface area contributed by atoms with E-state index in [1.165, 1.54) is 7.11 Å². The number of nitrogens with one attached hydrogen (secondary N) is 1. The highest BCUT2D eigenvalue weighted by Gasteiger charge is 2.25. The topological polar surface area (TPSA) is 64.6 Å². The van der Waals surface area contributed by atoms with Gasteiger partial charge in [0.05, 0.1) is 25.3 Å².